The van der Waals surface area contributed by atoms with E-state index in [0.29, 0.717) is 6.42 Å². The molecule has 16 heavy (non-hydrogen) atoms. The molecule has 2 nitrogen and oxygen atoms in total. The lowest BCUT2D eigenvalue weighted by Gasteiger charge is -2.13. The van der Waals surface area contributed by atoms with E-state index in [-0.39, 0.29) is 5.78 Å². The number of benzene rings is 1. The van der Waals surface area contributed by atoms with Gasteiger partial charge in [0.25, 0.3) is 0 Å². The summed E-state index contributed by atoms with van der Waals surface area (Å²) in [6.45, 7) is 0. The Bertz CT molecular complexity index is 418. The summed E-state index contributed by atoms with van der Waals surface area (Å²) in [6, 6.07) is 7.98. The van der Waals surface area contributed by atoms with Crippen LogP contribution in [-0.4, -0.2) is 12.9 Å². The van der Waals surface area contributed by atoms with Gasteiger partial charge < -0.3 is 4.74 Å². The molecule has 1 aliphatic carbocycles. The quantitative estimate of drug-likeness (QED) is 0.776. The fourth-order valence-electron chi connectivity index (χ4n) is 2.09. The van der Waals surface area contributed by atoms with Crippen molar-refractivity contribution in [2.24, 2.45) is 0 Å². The smallest absolute Gasteiger partial charge is 0.155 e. The Morgan fingerprint density at radius 3 is 2.81 bits per heavy atom. The number of methoxy groups -OCH3 is 1. The van der Waals surface area contributed by atoms with Gasteiger partial charge in [-0.1, -0.05) is 23.8 Å². The van der Waals surface area contributed by atoms with Gasteiger partial charge in [-0.2, -0.15) is 0 Å². The van der Waals surface area contributed by atoms with E-state index >= 15 is 0 Å². The molecule has 0 bridgehead atoms. The molecule has 0 fully saturated rings. The van der Waals surface area contributed by atoms with E-state index in [9.17, 15) is 4.79 Å². The van der Waals surface area contributed by atoms with Crippen LogP contribution in [0.2, 0.25) is 0 Å². The lowest BCUT2D eigenvalue weighted by atomic mass is 9.93. The van der Waals surface area contributed by atoms with E-state index in [1.54, 1.807) is 13.2 Å². The zero-order chi connectivity index (χ0) is 11.4. The number of hydrogen-bond donors (Lipinski definition) is 0. The molecule has 0 aromatic heterocycles. The van der Waals surface area contributed by atoms with Crippen molar-refractivity contribution >= 4 is 5.78 Å². The van der Waals surface area contributed by atoms with E-state index < -0.39 is 0 Å². The van der Waals surface area contributed by atoms with Crippen molar-refractivity contribution in [3.05, 3.63) is 41.5 Å². The number of para-hydroxylation sites is 1. The lowest BCUT2D eigenvalue weighted by Crippen LogP contribution is -2.05. The Morgan fingerprint density at radius 2 is 2.06 bits per heavy atom. The average Bonchev–Trinajstić information content (AvgIpc) is 2.30. The minimum absolute atomic E-state index is 0.260. The van der Waals surface area contributed by atoms with E-state index in [2.05, 4.69) is 6.07 Å². The third-order valence-corrected chi connectivity index (χ3v) is 2.90. The first-order chi connectivity index (χ1) is 7.79. The number of allylic oxidation sites excluding steroid dienone is 2. The second kappa shape index (κ2) is 4.97. The standard InChI is InChI=1S/C14H16O2/c1-16-14-8-3-2-6-12(14)9-11-5-4-7-13(15)10-11/h2-3,6,8,10H,4-5,7,9H2,1H3. The predicted molar refractivity (Wildman–Crippen MR) is 63.6 cm³/mol. The van der Waals surface area contributed by atoms with Gasteiger partial charge in [0, 0.05) is 6.42 Å². The van der Waals surface area contributed by atoms with Crippen molar-refractivity contribution in [3.63, 3.8) is 0 Å². The Kier molecular flexibility index (Phi) is 3.40. The van der Waals surface area contributed by atoms with Crippen LogP contribution in [0.3, 0.4) is 0 Å². The molecule has 1 aliphatic rings. The normalized spacial score (nSPS) is 15.8. The zero-order valence-corrected chi connectivity index (χ0v) is 9.53. The summed E-state index contributed by atoms with van der Waals surface area (Å²) in [5.41, 5.74) is 2.38. The van der Waals surface area contributed by atoms with Crippen LogP contribution >= 0.6 is 0 Å². The molecule has 0 unspecified atom stereocenters. The molecule has 0 amide bonds. The minimum atomic E-state index is 0.260. The summed E-state index contributed by atoms with van der Waals surface area (Å²) >= 11 is 0. The van der Waals surface area contributed by atoms with Crippen molar-refractivity contribution in [1.29, 1.82) is 0 Å². The second-order valence-electron chi connectivity index (χ2n) is 4.11. The Hall–Kier alpha value is -1.57. The fourth-order valence-corrected chi connectivity index (χ4v) is 2.09. The predicted octanol–water partition coefficient (Wildman–Crippen LogP) is 2.92. The molecular formula is C14H16O2. The van der Waals surface area contributed by atoms with Crippen LogP contribution in [0.4, 0.5) is 0 Å². The lowest BCUT2D eigenvalue weighted by molar-refractivity contribution is -0.115. The van der Waals surface area contributed by atoms with E-state index in [4.69, 9.17) is 4.74 Å². The van der Waals surface area contributed by atoms with Crippen LogP contribution in [0.5, 0.6) is 5.75 Å². The summed E-state index contributed by atoms with van der Waals surface area (Å²) in [6.07, 6.45) is 5.35. The van der Waals surface area contributed by atoms with Gasteiger partial charge in [0.2, 0.25) is 0 Å². The molecule has 1 aromatic rings. The van der Waals surface area contributed by atoms with Gasteiger partial charge >= 0.3 is 0 Å². The third-order valence-electron chi connectivity index (χ3n) is 2.90. The van der Waals surface area contributed by atoms with Crippen LogP contribution in [0.15, 0.2) is 35.9 Å². The van der Waals surface area contributed by atoms with Crippen molar-refractivity contribution in [2.75, 3.05) is 7.11 Å². The zero-order valence-electron chi connectivity index (χ0n) is 9.53. The highest BCUT2D eigenvalue weighted by Gasteiger charge is 2.11. The van der Waals surface area contributed by atoms with Crippen molar-refractivity contribution in [2.45, 2.75) is 25.7 Å². The maximum atomic E-state index is 11.3. The van der Waals surface area contributed by atoms with Gasteiger partial charge in [-0.05, 0) is 37.0 Å². The van der Waals surface area contributed by atoms with Crippen molar-refractivity contribution in [1.82, 2.24) is 0 Å². The molecule has 1 aromatic carbocycles. The molecule has 0 saturated carbocycles. The molecule has 84 valence electrons. The van der Waals surface area contributed by atoms with Crippen LogP contribution in [-0.2, 0) is 11.2 Å². The second-order valence-corrected chi connectivity index (χ2v) is 4.11. The maximum absolute atomic E-state index is 11.3. The molecule has 0 N–H and O–H groups in total. The molecule has 0 atom stereocenters. The van der Waals surface area contributed by atoms with Crippen molar-refractivity contribution in [3.8, 4) is 5.75 Å². The number of hydrogen-bond acceptors (Lipinski definition) is 2. The van der Waals surface area contributed by atoms with Gasteiger partial charge in [-0.15, -0.1) is 0 Å². The number of ketones is 1. The molecule has 2 rings (SSSR count). The van der Waals surface area contributed by atoms with Gasteiger partial charge in [-0.25, -0.2) is 0 Å². The minimum Gasteiger partial charge on any atom is -0.496 e. The molecule has 0 heterocycles. The summed E-state index contributed by atoms with van der Waals surface area (Å²) in [7, 11) is 1.68. The van der Waals surface area contributed by atoms with Crippen LogP contribution < -0.4 is 4.74 Å². The van der Waals surface area contributed by atoms with Gasteiger partial charge in [0.05, 0.1) is 7.11 Å². The summed E-state index contributed by atoms with van der Waals surface area (Å²) in [5.74, 6) is 1.16. The van der Waals surface area contributed by atoms with Gasteiger partial charge in [0.15, 0.2) is 5.78 Å². The maximum Gasteiger partial charge on any atom is 0.155 e. The fraction of sp³-hybridized carbons (Fsp3) is 0.357. The van der Waals surface area contributed by atoms with Gasteiger partial charge in [0.1, 0.15) is 5.75 Å². The number of carbonyl (C=O) groups is 1. The van der Waals surface area contributed by atoms with E-state index in [1.165, 1.54) is 5.57 Å². The van der Waals surface area contributed by atoms with Crippen molar-refractivity contribution < 1.29 is 9.53 Å². The summed E-state index contributed by atoms with van der Waals surface area (Å²) in [5, 5.41) is 0. The molecule has 0 spiro atoms. The first-order valence-corrected chi connectivity index (χ1v) is 5.64. The van der Waals surface area contributed by atoms with E-state index in [0.717, 1.165) is 30.6 Å². The summed E-state index contributed by atoms with van der Waals surface area (Å²) < 4.78 is 5.30. The van der Waals surface area contributed by atoms with Crippen LogP contribution in [0, 0.1) is 0 Å². The number of carbonyl (C=O) groups excluding carboxylic acids is 1. The van der Waals surface area contributed by atoms with Gasteiger partial charge in [-0.3, -0.25) is 4.79 Å². The molecule has 2 heteroatoms. The first-order valence-electron chi connectivity index (χ1n) is 5.64. The molecule has 0 radical (unpaired) electrons. The topological polar surface area (TPSA) is 26.3 Å². The third kappa shape index (κ3) is 2.51. The Labute approximate surface area is 95.9 Å². The molecule has 0 saturated heterocycles. The van der Waals surface area contributed by atoms with E-state index in [1.807, 2.05) is 18.2 Å². The highest BCUT2D eigenvalue weighted by molar-refractivity contribution is 5.91. The Balaban J connectivity index is 2.17. The highest BCUT2D eigenvalue weighted by atomic mass is 16.5. The summed E-state index contributed by atoms with van der Waals surface area (Å²) in [4.78, 5) is 11.3. The SMILES string of the molecule is COc1ccccc1CC1=CC(=O)CCC1. The number of rotatable bonds is 3. The molecular weight excluding hydrogens is 200 g/mol. The van der Waals surface area contributed by atoms with Crippen LogP contribution in [0.25, 0.3) is 0 Å². The largest absolute Gasteiger partial charge is 0.496 e. The highest BCUT2D eigenvalue weighted by Crippen LogP contribution is 2.24. The average molecular weight is 216 g/mol. The number of ether oxygens (including phenoxy) is 1. The van der Waals surface area contributed by atoms with Crippen LogP contribution in [0.1, 0.15) is 24.8 Å². The monoisotopic (exact) mass is 216 g/mol. The first kappa shape index (κ1) is 10.9. The Morgan fingerprint density at radius 1 is 1.25 bits per heavy atom. The molecule has 0 aliphatic heterocycles.